The van der Waals surface area contributed by atoms with E-state index in [0.29, 0.717) is 13.2 Å². The van der Waals surface area contributed by atoms with E-state index in [0.717, 1.165) is 12.1 Å². The van der Waals surface area contributed by atoms with Crippen LogP contribution in [0.5, 0.6) is 0 Å². The highest BCUT2D eigenvalue weighted by Gasteiger charge is 2.14. The average molecular weight is 264 g/mol. The fraction of sp³-hybridized carbons (Fsp3) is 0.429. The monoisotopic (exact) mass is 264 g/mol. The van der Waals surface area contributed by atoms with Gasteiger partial charge in [0.05, 0.1) is 0 Å². The maximum absolute atomic E-state index is 11.7. The predicted molar refractivity (Wildman–Crippen MR) is 74.0 cm³/mol. The molecule has 1 rings (SSSR count). The fourth-order valence-corrected chi connectivity index (χ4v) is 1.64. The van der Waals surface area contributed by atoms with Gasteiger partial charge in [-0.2, -0.15) is 0 Å². The summed E-state index contributed by atoms with van der Waals surface area (Å²) in [5.41, 5.74) is 0.724. The first-order valence-corrected chi connectivity index (χ1v) is 6.24. The second-order valence-electron chi connectivity index (χ2n) is 4.14. The summed E-state index contributed by atoms with van der Waals surface area (Å²) >= 11 is 0. The average Bonchev–Trinajstić information content (AvgIpc) is 2.41. The number of benzene rings is 1. The summed E-state index contributed by atoms with van der Waals surface area (Å²) in [6, 6.07) is 9.15. The Hall–Kier alpha value is -1.88. The van der Waals surface area contributed by atoms with E-state index in [-0.39, 0.29) is 18.4 Å². The summed E-state index contributed by atoms with van der Waals surface area (Å²) in [5, 5.41) is 2.76. The smallest absolute Gasteiger partial charge is 0.240 e. The molecule has 2 amide bonds. The number of para-hydroxylation sites is 1. The second-order valence-corrected chi connectivity index (χ2v) is 4.14. The first-order valence-electron chi connectivity index (χ1n) is 6.24. The van der Waals surface area contributed by atoms with Crippen LogP contribution in [-0.2, 0) is 14.3 Å². The molecule has 0 aromatic heterocycles. The minimum atomic E-state index is -0.171. The topological polar surface area (TPSA) is 58.6 Å². The van der Waals surface area contributed by atoms with Crippen LogP contribution >= 0.6 is 0 Å². The third kappa shape index (κ3) is 5.52. The largest absolute Gasteiger partial charge is 0.385 e. The fourth-order valence-electron chi connectivity index (χ4n) is 1.64. The minimum Gasteiger partial charge on any atom is -0.385 e. The molecule has 0 saturated carbocycles. The summed E-state index contributed by atoms with van der Waals surface area (Å²) in [7, 11) is 1.62. The quantitative estimate of drug-likeness (QED) is 0.753. The molecular formula is C14H20N2O3. The molecule has 0 bridgehead atoms. The summed E-state index contributed by atoms with van der Waals surface area (Å²) < 4.78 is 4.90. The number of ether oxygens (including phenoxy) is 1. The van der Waals surface area contributed by atoms with Gasteiger partial charge in [0.2, 0.25) is 11.8 Å². The summed E-state index contributed by atoms with van der Waals surface area (Å²) in [6.07, 6.45) is 0.758. The molecule has 0 radical (unpaired) electrons. The van der Waals surface area contributed by atoms with Crippen molar-refractivity contribution in [1.82, 2.24) is 5.32 Å². The molecule has 5 nitrogen and oxygen atoms in total. The zero-order valence-electron chi connectivity index (χ0n) is 11.4. The lowest BCUT2D eigenvalue weighted by molar-refractivity contribution is -0.123. The molecule has 1 aromatic carbocycles. The highest BCUT2D eigenvalue weighted by atomic mass is 16.5. The molecular weight excluding hydrogens is 244 g/mol. The highest BCUT2D eigenvalue weighted by Crippen LogP contribution is 2.12. The van der Waals surface area contributed by atoms with E-state index in [1.165, 1.54) is 11.8 Å². The van der Waals surface area contributed by atoms with Gasteiger partial charge >= 0.3 is 0 Å². The molecule has 104 valence electrons. The Balaban J connectivity index is 2.51. The van der Waals surface area contributed by atoms with Gasteiger partial charge in [0, 0.05) is 32.9 Å². The standard InChI is InChI=1S/C14H20N2O3/c1-12(17)16(13-7-4-3-5-8-13)11-14(18)15-9-6-10-19-2/h3-5,7-8H,6,9-11H2,1-2H3,(H,15,18). The van der Waals surface area contributed by atoms with Gasteiger partial charge in [-0.05, 0) is 18.6 Å². The number of carbonyl (C=O) groups is 2. The first-order chi connectivity index (χ1) is 9.15. The molecule has 0 aliphatic heterocycles. The van der Waals surface area contributed by atoms with E-state index in [4.69, 9.17) is 4.74 Å². The van der Waals surface area contributed by atoms with Crippen LogP contribution in [0.15, 0.2) is 30.3 Å². The maximum Gasteiger partial charge on any atom is 0.240 e. The number of nitrogens with zero attached hydrogens (tertiary/aromatic N) is 1. The van der Waals surface area contributed by atoms with E-state index in [2.05, 4.69) is 5.32 Å². The Morgan fingerprint density at radius 1 is 1.26 bits per heavy atom. The zero-order chi connectivity index (χ0) is 14.1. The zero-order valence-corrected chi connectivity index (χ0v) is 11.4. The summed E-state index contributed by atoms with van der Waals surface area (Å²) in [6.45, 7) is 2.64. The van der Waals surface area contributed by atoms with Crippen LogP contribution in [-0.4, -0.2) is 38.6 Å². The molecule has 0 atom stereocenters. The number of hydrogen-bond acceptors (Lipinski definition) is 3. The van der Waals surface area contributed by atoms with Gasteiger partial charge in [0.15, 0.2) is 0 Å². The van der Waals surface area contributed by atoms with Crippen molar-refractivity contribution >= 4 is 17.5 Å². The number of hydrogen-bond donors (Lipinski definition) is 1. The third-order valence-corrected chi connectivity index (χ3v) is 2.60. The lowest BCUT2D eigenvalue weighted by atomic mass is 10.3. The van der Waals surface area contributed by atoms with E-state index in [1.54, 1.807) is 19.2 Å². The van der Waals surface area contributed by atoms with E-state index in [9.17, 15) is 9.59 Å². The van der Waals surface area contributed by atoms with Crippen molar-refractivity contribution < 1.29 is 14.3 Å². The van der Waals surface area contributed by atoms with Crippen LogP contribution in [0, 0.1) is 0 Å². The molecule has 0 saturated heterocycles. The lowest BCUT2D eigenvalue weighted by Crippen LogP contribution is -2.40. The van der Waals surface area contributed by atoms with Crippen LogP contribution in [0.25, 0.3) is 0 Å². The molecule has 1 N–H and O–H groups in total. The van der Waals surface area contributed by atoms with Gasteiger partial charge < -0.3 is 15.0 Å². The van der Waals surface area contributed by atoms with Crippen molar-refractivity contribution in [3.05, 3.63) is 30.3 Å². The van der Waals surface area contributed by atoms with Gasteiger partial charge in [0.25, 0.3) is 0 Å². The third-order valence-electron chi connectivity index (χ3n) is 2.60. The molecule has 0 spiro atoms. The van der Waals surface area contributed by atoms with Gasteiger partial charge in [-0.1, -0.05) is 18.2 Å². The van der Waals surface area contributed by atoms with Gasteiger partial charge in [0.1, 0.15) is 6.54 Å². The number of nitrogens with one attached hydrogen (secondary N) is 1. The van der Waals surface area contributed by atoms with Crippen molar-refractivity contribution in [1.29, 1.82) is 0 Å². The number of rotatable bonds is 7. The Kier molecular flexibility index (Phi) is 6.60. The van der Waals surface area contributed by atoms with Crippen molar-refractivity contribution in [3.63, 3.8) is 0 Å². The number of carbonyl (C=O) groups excluding carboxylic acids is 2. The molecule has 0 fully saturated rings. The summed E-state index contributed by atoms with van der Waals surface area (Å²) in [5.74, 6) is -0.326. The Labute approximate surface area is 113 Å². The molecule has 0 unspecified atom stereocenters. The number of anilines is 1. The van der Waals surface area contributed by atoms with Crippen molar-refractivity contribution in [3.8, 4) is 0 Å². The molecule has 1 aromatic rings. The molecule has 0 heterocycles. The normalized spacial score (nSPS) is 10.0. The SMILES string of the molecule is COCCCNC(=O)CN(C(C)=O)c1ccccc1. The van der Waals surface area contributed by atoms with Crippen LogP contribution in [0.2, 0.25) is 0 Å². The van der Waals surface area contributed by atoms with Crippen LogP contribution in [0.1, 0.15) is 13.3 Å². The predicted octanol–water partition coefficient (Wildman–Crippen LogP) is 1.19. The second kappa shape index (κ2) is 8.26. The van der Waals surface area contributed by atoms with Gasteiger partial charge in [-0.3, -0.25) is 9.59 Å². The maximum atomic E-state index is 11.7. The molecule has 19 heavy (non-hydrogen) atoms. The van der Waals surface area contributed by atoms with Crippen molar-refractivity contribution in [2.24, 2.45) is 0 Å². The van der Waals surface area contributed by atoms with Crippen LogP contribution in [0.4, 0.5) is 5.69 Å². The van der Waals surface area contributed by atoms with E-state index >= 15 is 0 Å². The van der Waals surface area contributed by atoms with Crippen molar-refractivity contribution in [2.75, 3.05) is 31.7 Å². The minimum absolute atomic E-state index is 0.0341. The molecule has 5 heteroatoms. The first kappa shape index (κ1) is 15.2. The Morgan fingerprint density at radius 2 is 1.95 bits per heavy atom. The number of methoxy groups -OCH3 is 1. The van der Waals surface area contributed by atoms with Crippen LogP contribution < -0.4 is 10.2 Å². The van der Waals surface area contributed by atoms with Gasteiger partial charge in [-0.15, -0.1) is 0 Å². The van der Waals surface area contributed by atoms with Gasteiger partial charge in [-0.25, -0.2) is 0 Å². The Morgan fingerprint density at radius 3 is 2.53 bits per heavy atom. The Bertz CT molecular complexity index is 406. The summed E-state index contributed by atoms with van der Waals surface area (Å²) in [4.78, 5) is 24.8. The molecule has 0 aliphatic rings. The van der Waals surface area contributed by atoms with Crippen molar-refractivity contribution in [2.45, 2.75) is 13.3 Å². The highest BCUT2D eigenvalue weighted by molar-refractivity contribution is 5.97. The number of amides is 2. The van der Waals surface area contributed by atoms with E-state index in [1.807, 2.05) is 18.2 Å². The van der Waals surface area contributed by atoms with Crippen LogP contribution in [0.3, 0.4) is 0 Å². The van der Waals surface area contributed by atoms with E-state index < -0.39 is 0 Å². The molecule has 0 aliphatic carbocycles. The lowest BCUT2D eigenvalue weighted by Gasteiger charge is -2.20.